The number of aliphatic hydroxyl groups is 1. The Morgan fingerprint density at radius 2 is 1.90 bits per heavy atom. The van der Waals surface area contributed by atoms with Gasteiger partial charge in [0.05, 0.1) is 12.6 Å². The maximum absolute atomic E-state index is 11.2. The summed E-state index contributed by atoms with van der Waals surface area (Å²) in [5.74, 6) is 0.217. The number of nitrogens with one attached hydrogen (secondary N) is 1. The zero-order chi connectivity index (χ0) is 15.0. The Hall–Kier alpha value is -2.53. The molecule has 108 valence electrons. The molecule has 0 aliphatic rings. The molecule has 0 radical (unpaired) electrons. The molecule has 0 aliphatic carbocycles. The summed E-state index contributed by atoms with van der Waals surface area (Å²) in [6, 6.07) is 10.7. The Morgan fingerprint density at radius 3 is 2.67 bits per heavy atom. The van der Waals surface area contributed by atoms with Gasteiger partial charge in [0.25, 0.3) is 0 Å². The molecule has 1 atom stereocenters. The molecule has 0 fully saturated rings. The van der Waals surface area contributed by atoms with Gasteiger partial charge in [0.15, 0.2) is 5.58 Å². The van der Waals surface area contributed by atoms with E-state index in [1.165, 1.54) is 0 Å². The molecule has 21 heavy (non-hydrogen) atoms. The van der Waals surface area contributed by atoms with Crippen LogP contribution in [-0.4, -0.2) is 17.2 Å². The van der Waals surface area contributed by atoms with Crippen LogP contribution in [0.5, 0.6) is 5.75 Å². The number of methoxy groups -OCH3 is 1. The van der Waals surface area contributed by atoms with Crippen LogP contribution in [0.15, 0.2) is 45.6 Å². The van der Waals surface area contributed by atoms with Crippen LogP contribution in [0.4, 0.5) is 0 Å². The zero-order valence-corrected chi connectivity index (χ0v) is 11.7. The lowest BCUT2D eigenvalue weighted by atomic mass is 10.00. The van der Waals surface area contributed by atoms with Crippen LogP contribution in [0.1, 0.15) is 22.8 Å². The van der Waals surface area contributed by atoms with E-state index in [1.807, 2.05) is 19.1 Å². The van der Waals surface area contributed by atoms with Crippen molar-refractivity contribution in [3.05, 3.63) is 63.6 Å². The molecular weight excluding hydrogens is 270 g/mol. The molecule has 0 saturated heterocycles. The van der Waals surface area contributed by atoms with Gasteiger partial charge >= 0.3 is 5.76 Å². The molecule has 1 unspecified atom stereocenters. The minimum atomic E-state index is -0.816. The van der Waals surface area contributed by atoms with Gasteiger partial charge in [-0.15, -0.1) is 0 Å². The van der Waals surface area contributed by atoms with Gasteiger partial charge in [-0.1, -0.05) is 18.2 Å². The summed E-state index contributed by atoms with van der Waals surface area (Å²) in [6.45, 7) is 1.94. The van der Waals surface area contributed by atoms with Crippen molar-refractivity contribution in [1.82, 2.24) is 4.98 Å². The number of benzene rings is 2. The lowest BCUT2D eigenvalue weighted by Gasteiger charge is -2.13. The molecule has 1 heterocycles. The third-order valence-electron chi connectivity index (χ3n) is 3.51. The van der Waals surface area contributed by atoms with Crippen LogP contribution in [0, 0.1) is 6.92 Å². The van der Waals surface area contributed by atoms with Gasteiger partial charge in [-0.2, -0.15) is 0 Å². The summed E-state index contributed by atoms with van der Waals surface area (Å²) >= 11 is 0. The van der Waals surface area contributed by atoms with Crippen molar-refractivity contribution in [3.63, 3.8) is 0 Å². The summed E-state index contributed by atoms with van der Waals surface area (Å²) in [4.78, 5) is 13.7. The highest BCUT2D eigenvalue weighted by molar-refractivity contribution is 5.73. The molecule has 0 aliphatic heterocycles. The smallest absolute Gasteiger partial charge is 0.417 e. The number of fused-ring (bicyclic) bond motifs is 1. The third kappa shape index (κ3) is 2.43. The Morgan fingerprint density at radius 1 is 1.19 bits per heavy atom. The number of ether oxygens (including phenoxy) is 1. The number of rotatable bonds is 3. The fraction of sp³-hybridized carbons (Fsp3) is 0.188. The van der Waals surface area contributed by atoms with E-state index < -0.39 is 11.9 Å². The Kier molecular flexibility index (Phi) is 3.27. The average molecular weight is 285 g/mol. The van der Waals surface area contributed by atoms with E-state index in [9.17, 15) is 9.90 Å². The first-order chi connectivity index (χ1) is 10.1. The SMILES string of the molecule is COc1cc(C(O)c2ccc3[nH]c(=O)oc3c2)ccc1C. The van der Waals surface area contributed by atoms with Crippen LogP contribution in [-0.2, 0) is 0 Å². The van der Waals surface area contributed by atoms with E-state index in [2.05, 4.69) is 4.98 Å². The summed E-state index contributed by atoms with van der Waals surface area (Å²) < 4.78 is 10.3. The van der Waals surface area contributed by atoms with Crippen molar-refractivity contribution in [3.8, 4) is 5.75 Å². The number of hydrogen-bond acceptors (Lipinski definition) is 4. The van der Waals surface area contributed by atoms with Crippen molar-refractivity contribution in [2.24, 2.45) is 0 Å². The van der Waals surface area contributed by atoms with Crippen LogP contribution < -0.4 is 10.5 Å². The van der Waals surface area contributed by atoms with Crippen molar-refractivity contribution >= 4 is 11.1 Å². The first-order valence-electron chi connectivity index (χ1n) is 6.54. The molecule has 0 spiro atoms. The zero-order valence-electron chi connectivity index (χ0n) is 11.7. The predicted octanol–water partition coefficient (Wildman–Crippen LogP) is 2.52. The predicted molar refractivity (Wildman–Crippen MR) is 78.6 cm³/mol. The Balaban J connectivity index is 2.02. The standard InChI is InChI=1S/C16H15NO4/c1-9-3-4-10(7-13(9)20-2)15(18)11-5-6-12-14(8-11)21-16(19)17-12/h3-8,15,18H,1-2H3,(H,17,19). The second-order valence-corrected chi connectivity index (χ2v) is 4.90. The number of aromatic amines is 1. The van der Waals surface area contributed by atoms with Gasteiger partial charge in [0.1, 0.15) is 11.9 Å². The van der Waals surface area contributed by atoms with Crippen LogP contribution in [0.3, 0.4) is 0 Å². The largest absolute Gasteiger partial charge is 0.496 e. The average Bonchev–Trinajstić information content (AvgIpc) is 2.86. The van der Waals surface area contributed by atoms with Crippen molar-refractivity contribution < 1.29 is 14.3 Å². The number of oxazole rings is 1. The molecule has 0 saturated carbocycles. The minimum Gasteiger partial charge on any atom is -0.496 e. The van der Waals surface area contributed by atoms with Crippen molar-refractivity contribution in [1.29, 1.82) is 0 Å². The summed E-state index contributed by atoms with van der Waals surface area (Å²) in [7, 11) is 1.60. The van der Waals surface area contributed by atoms with Crippen LogP contribution in [0.2, 0.25) is 0 Å². The molecular formula is C16H15NO4. The van der Waals surface area contributed by atoms with Gasteiger partial charge in [0, 0.05) is 0 Å². The van der Waals surface area contributed by atoms with Gasteiger partial charge in [0.2, 0.25) is 0 Å². The number of hydrogen-bond donors (Lipinski definition) is 2. The molecule has 2 N–H and O–H groups in total. The molecule has 2 aromatic carbocycles. The van der Waals surface area contributed by atoms with Gasteiger partial charge in [-0.25, -0.2) is 4.79 Å². The molecule has 0 bridgehead atoms. The molecule has 1 aromatic heterocycles. The normalized spacial score (nSPS) is 12.5. The van der Waals surface area contributed by atoms with Gasteiger partial charge in [-0.3, -0.25) is 4.98 Å². The summed E-state index contributed by atoms with van der Waals surface area (Å²) in [5.41, 5.74) is 3.40. The number of aliphatic hydroxyl groups excluding tert-OH is 1. The lowest BCUT2D eigenvalue weighted by Crippen LogP contribution is -2.00. The number of aryl methyl sites for hydroxylation is 1. The van der Waals surface area contributed by atoms with Crippen LogP contribution >= 0.6 is 0 Å². The molecule has 5 nitrogen and oxygen atoms in total. The number of aromatic nitrogens is 1. The quantitative estimate of drug-likeness (QED) is 0.775. The van der Waals surface area contributed by atoms with Crippen LogP contribution in [0.25, 0.3) is 11.1 Å². The maximum atomic E-state index is 11.2. The molecule has 3 aromatic rings. The Labute approximate surface area is 120 Å². The highest BCUT2D eigenvalue weighted by atomic mass is 16.5. The molecule has 5 heteroatoms. The fourth-order valence-corrected chi connectivity index (χ4v) is 2.33. The van der Waals surface area contributed by atoms with E-state index in [1.54, 1.807) is 31.4 Å². The fourth-order valence-electron chi connectivity index (χ4n) is 2.33. The highest BCUT2D eigenvalue weighted by Crippen LogP contribution is 2.28. The highest BCUT2D eigenvalue weighted by Gasteiger charge is 2.14. The second-order valence-electron chi connectivity index (χ2n) is 4.90. The van der Waals surface area contributed by atoms with E-state index in [0.29, 0.717) is 16.7 Å². The van der Waals surface area contributed by atoms with Crippen molar-refractivity contribution in [2.75, 3.05) is 7.11 Å². The maximum Gasteiger partial charge on any atom is 0.417 e. The lowest BCUT2D eigenvalue weighted by molar-refractivity contribution is 0.220. The summed E-state index contributed by atoms with van der Waals surface area (Å²) in [5, 5.41) is 10.5. The van der Waals surface area contributed by atoms with E-state index in [0.717, 1.165) is 16.9 Å². The number of H-pyrrole nitrogens is 1. The van der Waals surface area contributed by atoms with E-state index >= 15 is 0 Å². The summed E-state index contributed by atoms with van der Waals surface area (Å²) in [6.07, 6.45) is -0.816. The van der Waals surface area contributed by atoms with E-state index in [-0.39, 0.29) is 0 Å². The van der Waals surface area contributed by atoms with E-state index in [4.69, 9.17) is 9.15 Å². The first-order valence-corrected chi connectivity index (χ1v) is 6.54. The molecule has 3 rings (SSSR count). The monoisotopic (exact) mass is 285 g/mol. The first kappa shape index (κ1) is 13.5. The second kappa shape index (κ2) is 5.10. The molecule has 0 amide bonds. The minimum absolute atomic E-state index is 0.427. The van der Waals surface area contributed by atoms with Crippen molar-refractivity contribution in [2.45, 2.75) is 13.0 Å². The topological polar surface area (TPSA) is 75.5 Å². The van der Waals surface area contributed by atoms with Gasteiger partial charge in [-0.05, 0) is 41.8 Å². The third-order valence-corrected chi connectivity index (χ3v) is 3.51. The Bertz CT molecular complexity index is 847. The van der Waals surface area contributed by atoms with Gasteiger partial charge < -0.3 is 14.3 Å².